The largest absolute Gasteiger partial charge is 0.369 e. The molecule has 12 heteroatoms. The highest BCUT2D eigenvalue weighted by Crippen LogP contribution is 2.37. The summed E-state index contributed by atoms with van der Waals surface area (Å²) in [7, 11) is 0. The van der Waals surface area contributed by atoms with Gasteiger partial charge in [-0.15, -0.1) is 0 Å². The van der Waals surface area contributed by atoms with Crippen LogP contribution in [0.25, 0.3) is 0 Å². The summed E-state index contributed by atoms with van der Waals surface area (Å²) in [6.45, 7) is 0. The van der Waals surface area contributed by atoms with Gasteiger partial charge in [0.1, 0.15) is 24.2 Å². The van der Waals surface area contributed by atoms with Gasteiger partial charge < -0.3 is 15.4 Å². The molecule has 3 heterocycles. The van der Waals surface area contributed by atoms with Crippen molar-refractivity contribution in [3.63, 3.8) is 0 Å². The molecule has 1 aliphatic heterocycles. The monoisotopic (exact) mass is 557 g/mol. The Morgan fingerprint density at radius 3 is 2.49 bits per heavy atom. The van der Waals surface area contributed by atoms with Crippen LogP contribution < -0.4 is 15.5 Å². The highest BCUT2D eigenvalue weighted by atomic mass is 19.3. The second-order valence-corrected chi connectivity index (χ2v) is 9.55. The van der Waals surface area contributed by atoms with Gasteiger partial charge in [-0.05, 0) is 30.2 Å². The van der Waals surface area contributed by atoms with Gasteiger partial charge in [-0.25, -0.2) is 13.8 Å². The maximum Gasteiger partial charge on any atom is 0.252 e. The fourth-order valence-electron chi connectivity index (χ4n) is 4.49. The molecule has 1 aromatic carbocycles. The summed E-state index contributed by atoms with van der Waals surface area (Å²) < 4.78 is 26.0. The van der Waals surface area contributed by atoms with E-state index in [1.165, 1.54) is 29.6 Å². The van der Waals surface area contributed by atoms with E-state index < -0.39 is 30.0 Å². The van der Waals surface area contributed by atoms with Gasteiger partial charge in [0.05, 0.1) is 35.1 Å². The maximum atomic E-state index is 13.0. The van der Waals surface area contributed by atoms with Crippen LogP contribution in [0, 0.1) is 22.7 Å². The van der Waals surface area contributed by atoms with Crippen LogP contribution in [0.15, 0.2) is 67.1 Å². The van der Waals surface area contributed by atoms with Gasteiger partial charge in [0.2, 0.25) is 11.8 Å². The number of pyridine rings is 2. The molecule has 2 amide bonds. The molecular weight excluding hydrogens is 532 g/mol. The summed E-state index contributed by atoms with van der Waals surface area (Å²) in [5.74, 6) is -2.84. The number of nitriles is 2. The predicted molar refractivity (Wildman–Crippen MR) is 143 cm³/mol. The Kier molecular flexibility index (Phi) is 8.95. The zero-order valence-electron chi connectivity index (χ0n) is 21.7. The smallest absolute Gasteiger partial charge is 0.252 e. The Labute approximate surface area is 234 Å². The van der Waals surface area contributed by atoms with Crippen LogP contribution >= 0.6 is 0 Å². The van der Waals surface area contributed by atoms with E-state index in [2.05, 4.69) is 20.6 Å². The molecule has 0 bridgehead atoms. The van der Waals surface area contributed by atoms with E-state index in [4.69, 9.17) is 10.5 Å². The number of hydrogen-bond acceptors (Lipinski definition) is 8. The number of nitrogens with zero attached hydrogens (tertiary/aromatic N) is 5. The average molecular weight is 558 g/mol. The van der Waals surface area contributed by atoms with Crippen LogP contribution in [0.4, 0.5) is 20.3 Å². The molecule has 208 valence electrons. The molecule has 2 fully saturated rings. The van der Waals surface area contributed by atoms with Crippen LogP contribution in [0.1, 0.15) is 48.4 Å². The van der Waals surface area contributed by atoms with Crippen molar-refractivity contribution in [1.29, 1.82) is 10.5 Å². The molecule has 1 aliphatic carbocycles. The lowest BCUT2D eigenvalue weighted by Crippen LogP contribution is -2.52. The Hall–Kier alpha value is -5.23. The number of hydrogen-bond donors (Lipinski definition) is 2. The van der Waals surface area contributed by atoms with E-state index in [0.717, 1.165) is 6.29 Å². The van der Waals surface area contributed by atoms with Crippen molar-refractivity contribution in [2.24, 2.45) is 0 Å². The molecule has 0 radical (unpaired) electrons. The van der Waals surface area contributed by atoms with Crippen molar-refractivity contribution in [3.05, 3.63) is 83.8 Å². The SMILES string of the molecule is N#Cc1ccnc(N2C(=O)CC[C@H]2C=O)c1.N#Cc1cncc(N[C@H](C(=O)NC2CC(F)(F)C2)c2ccccc2)c1. The number of amides is 2. The maximum absolute atomic E-state index is 13.0. The molecule has 0 unspecified atom stereocenters. The summed E-state index contributed by atoms with van der Waals surface area (Å²) >= 11 is 0. The number of halogens is 2. The Balaban J connectivity index is 0.000000208. The number of rotatable bonds is 7. The van der Waals surface area contributed by atoms with Crippen molar-refractivity contribution in [3.8, 4) is 12.1 Å². The molecule has 2 N–H and O–H groups in total. The molecule has 2 aromatic heterocycles. The highest BCUT2D eigenvalue weighted by molar-refractivity contribution is 5.99. The van der Waals surface area contributed by atoms with Gasteiger partial charge in [-0.3, -0.25) is 19.5 Å². The first-order chi connectivity index (χ1) is 19.7. The van der Waals surface area contributed by atoms with Crippen molar-refractivity contribution in [1.82, 2.24) is 15.3 Å². The summed E-state index contributed by atoms with van der Waals surface area (Å²) in [6, 6.07) is 15.8. The number of aldehydes is 1. The number of nitrogens with one attached hydrogen (secondary N) is 2. The summed E-state index contributed by atoms with van der Waals surface area (Å²) in [6.07, 6.45) is 5.30. The number of aromatic nitrogens is 2. The third-order valence-corrected chi connectivity index (χ3v) is 6.54. The molecule has 10 nitrogen and oxygen atoms in total. The van der Waals surface area contributed by atoms with Crippen molar-refractivity contribution >= 4 is 29.6 Å². The second-order valence-electron chi connectivity index (χ2n) is 9.55. The lowest BCUT2D eigenvalue weighted by molar-refractivity contribution is -0.130. The molecule has 0 spiro atoms. The van der Waals surface area contributed by atoms with E-state index in [1.807, 2.05) is 18.2 Å². The van der Waals surface area contributed by atoms with Crippen LogP contribution in [-0.4, -0.2) is 46.1 Å². The molecule has 3 aromatic rings. The number of anilines is 2. The fraction of sp³-hybridized carbons (Fsp3) is 0.276. The van der Waals surface area contributed by atoms with E-state index in [0.29, 0.717) is 41.0 Å². The van der Waals surface area contributed by atoms with Crippen molar-refractivity contribution < 1.29 is 23.2 Å². The van der Waals surface area contributed by atoms with Crippen LogP contribution in [0.3, 0.4) is 0 Å². The normalized spacial score (nSPS) is 18.0. The third-order valence-electron chi connectivity index (χ3n) is 6.54. The number of carbonyl (C=O) groups is 3. The van der Waals surface area contributed by atoms with E-state index in [1.54, 1.807) is 36.4 Å². The Morgan fingerprint density at radius 1 is 1.10 bits per heavy atom. The van der Waals surface area contributed by atoms with Gasteiger partial charge in [0.15, 0.2) is 0 Å². The molecule has 1 saturated heterocycles. The van der Waals surface area contributed by atoms with Crippen molar-refractivity contribution in [2.75, 3.05) is 10.2 Å². The third kappa shape index (κ3) is 7.25. The number of alkyl halides is 2. The summed E-state index contributed by atoms with van der Waals surface area (Å²) in [5.41, 5.74) is 1.97. The molecular formula is C29H25F2N7O3. The highest BCUT2D eigenvalue weighted by Gasteiger charge is 2.46. The quantitative estimate of drug-likeness (QED) is 0.418. The minimum absolute atomic E-state index is 0.125. The predicted octanol–water partition coefficient (Wildman–Crippen LogP) is 3.67. The van der Waals surface area contributed by atoms with Gasteiger partial charge in [0.25, 0.3) is 5.92 Å². The zero-order chi connectivity index (χ0) is 29.4. The van der Waals surface area contributed by atoms with Crippen LogP contribution in [-0.2, 0) is 14.4 Å². The fourth-order valence-corrected chi connectivity index (χ4v) is 4.49. The topological polar surface area (TPSA) is 152 Å². The summed E-state index contributed by atoms with van der Waals surface area (Å²) in [4.78, 5) is 44.3. The van der Waals surface area contributed by atoms with Gasteiger partial charge in [-0.2, -0.15) is 10.5 Å². The minimum Gasteiger partial charge on any atom is -0.369 e. The molecule has 41 heavy (non-hydrogen) atoms. The number of carbonyl (C=O) groups excluding carboxylic acids is 3. The van der Waals surface area contributed by atoms with E-state index in [9.17, 15) is 23.2 Å². The van der Waals surface area contributed by atoms with Gasteiger partial charge in [0, 0.05) is 37.7 Å². The first-order valence-electron chi connectivity index (χ1n) is 12.7. The lowest BCUT2D eigenvalue weighted by atomic mass is 9.88. The Bertz CT molecular complexity index is 1500. The lowest BCUT2D eigenvalue weighted by Gasteiger charge is -2.36. The summed E-state index contributed by atoms with van der Waals surface area (Å²) in [5, 5.41) is 23.4. The standard InChI is InChI=1S/C18H16F2N4O.C11H9N3O2/c19-18(20)7-15(8-18)24-17(25)16(13-4-2-1-3-5-13)23-14-6-12(9-21)10-22-11-14;12-6-8-3-4-13-10(5-8)14-9(7-15)1-2-11(14)16/h1-6,10-11,15-16,23H,7-8H2,(H,24,25);3-5,7,9H,1-2H2/t16-;9-/m00/s1. The average Bonchev–Trinajstić information content (AvgIpc) is 3.36. The first-order valence-corrected chi connectivity index (χ1v) is 12.7. The minimum atomic E-state index is -2.70. The van der Waals surface area contributed by atoms with Gasteiger partial charge in [-0.1, -0.05) is 30.3 Å². The molecule has 1 saturated carbocycles. The molecule has 5 rings (SSSR count). The molecule has 2 aliphatic rings. The number of benzene rings is 1. The molecule has 2 atom stereocenters. The van der Waals surface area contributed by atoms with Crippen LogP contribution in [0.2, 0.25) is 0 Å². The van der Waals surface area contributed by atoms with E-state index >= 15 is 0 Å². The Morgan fingerprint density at radius 2 is 1.83 bits per heavy atom. The van der Waals surface area contributed by atoms with Gasteiger partial charge >= 0.3 is 0 Å². The first kappa shape index (κ1) is 28.8. The van der Waals surface area contributed by atoms with Crippen LogP contribution in [0.5, 0.6) is 0 Å². The second kappa shape index (κ2) is 12.7. The van der Waals surface area contributed by atoms with E-state index in [-0.39, 0.29) is 18.7 Å². The van der Waals surface area contributed by atoms with Crippen molar-refractivity contribution in [2.45, 2.75) is 49.7 Å². The zero-order valence-corrected chi connectivity index (χ0v) is 21.7.